The van der Waals surface area contributed by atoms with Crippen molar-refractivity contribution in [1.82, 2.24) is 9.55 Å². The molecule has 0 unspecified atom stereocenters. The van der Waals surface area contributed by atoms with E-state index in [1.165, 1.54) is 10.9 Å². The van der Waals surface area contributed by atoms with E-state index in [4.69, 9.17) is 22.4 Å². The lowest BCUT2D eigenvalue weighted by Gasteiger charge is -2.13. The van der Waals surface area contributed by atoms with Crippen LogP contribution in [0.5, 0.6) is 0 Å². The number of aryl methyl sites for hydroxylation is 1. The van der Waals surface area contributed by atoms with Gasteiger partial charge in [0.15, 0.2) is 0 Å². The van der Waals surface area contributed by atoms with E-state index in [9.17, 15) is 0 Å². The molecule has 4 nitrogen and oxygen atoms in total. The number of nitrogens with two attached hydrogens (primary N) is 1. The average molecular weight is 420 g/mol. The first-order valence-electron chi connectivity index (χ1n) is 10.3. The van der Waals surface area contributed by atoms with Crippen LogP contribution < -0.4 is 5.73 Å². The number of nitrogens with zero attached hydrogens (tertiary/aromatic N) is 2. The Morgan fingerprint density at radius 1 is 0.933 bits per heavy atom. The van der Waals surface area contributed by atoms with Gasteiger partial charge in [-0.3, -0.25) is 0 Å². The van der Waals surface area contributed by atoms with Gasteiger partial charge in [-0.05, 0) is 55.2 Å². The Morgan fingerprint density at radius 2 is 1.80 bits per heavy atom. The van der Waals surface area contributed by atoms with Crippen molar-refractivity contribution in [2.75, 3.05) is 12.3 Å². The lowest BCUT2D eigenvalue weighted by atomic mass is 10.1. The van der Waals surface area contributed by atoms with Crippen molar-refractivity contribution in [3.63, 3.8) is 0 Å². The molecule has 0 aliphatic rings. The van der Waals surface area contributed by atoms with Gasteiger partial charge in [0.1, 0.15) is 5.82 Å². The molecule has 2 aromatic heterocycles. The molecule has 3 N–H and O–H groups in total. The van der Waals surface area contributed by atoms with Crippen molar-refractivity contribution < 1.29 is 5.11 Å². The Morgan fingerprint density at radius 3 is 2.60 bits per heavy atom. The molecule has 0 fully saturated rings. The second kappa shape index (κ2) is 9.33. The predicted molar refractivity (Wildman–Crippen MR) is 125 cm³/mol. The number of aromatic nitrogens is 2. The highest BCUT2D eigenvalue weighted by Gasteiger charge is 2.14. The van der Waals surface area contributed by atoms with E-state index in [0.29, 0.717) is 12.4 Å². The molecule has 0 aliphatic heterocycles. The summed E-state index contributed by atoms with van der Waals surface area (Å²) in [5.41, 5.74) is 11.4. The second-order valence-electron chi connectivity index (χ2n) is 7.58. The second-order valence-corrected chi connectivity index (χ2v) is 7.98. The van der Waals surface area contributed by atoms with Crippen LogP contribution in [0.25, 0.3) is 22.2 Å². The van der Waals surface area contributed by atoms with Gasteiger partial charge in [0.2, 0.25) is 0 Å². The number of halogens is 1. The minimum absolute atomic E-state index is 0.260. The third-order valence-corrected chi connectivity index (χ3v) is 5.72. The first-order valence-corrected chi connectivity index (χ1v) is 10.7. The van der Waals surface area contributed by atoms with Crippen LogP contribution in [-0.2, 0) is 13.0 Å². The monoisotopic (exact) mass is 419 g/mol. The van der Waals surface area contributed by atoms with Crippen LogP contribution in [0.3, 0.4) is 0 Å². The first kappa shape index (κ1) is 20.5. The fourth-order valence-electron chi connectivity index (χ4n) is 3.88. The number of hydrogen-bond acceptors (Lipinski definition) is 3. The van der Waals surface area contributed by atoms with Crippen LogP contribution in [-0.4, -0.2) is 21.3 Å². The van der Waals surface area contributed by atoms with Crippen molar-refractivity contribution in [2.24, 2.45) is 0 Å². The van der Waals surface area contributed by atoms with Gasteiger partial charge < -0.3 is 15.4 Å². The normalized spacial score (nSPS) is 11.3. The van der Waals surface area contributed by atoms with E-state index in [-0.39, 0.29) is 6.61 Å². The summed E-state index contributed by atoms with van der Waals surface area (Å²) in [5, 5.41) is 10.9. The summed E-state index contributed by atoms with van der Waals surface area (Å²) in [6.07, 6.45) is 3.96. The Labute approximate surface area is 181 Å². The van der Waals surface area contributed by atoms with E-state index < -0.39 is 0 Å². The van der Waals surface area contributed by atoms with Gasteiger partial charge >= 0.3 is 0 Å². The standard InChI is InChI=1S/C25H26ClN3O/c26-22-10-4-3-9-21(22)24-16-19-13-12-18(7-2-1-5-14-30)15-23(19)29(24)17-20-8-6-11-25(27)28-20/h3-4,6,8-13,15-16,30H,1-2,5,7,14,17H2,(H2,27,28). The fraction of sp³-hybridized carbons (Fsp3) is 0.240. The lowest BCUT2D eigenvalue weighted by Crippen LogP contribution is -2.05. The highest BCUT2D eigenvalue weighted by molar-refractivity contribution is 6.33. The maximum Gasteiger partial charge on any atom is 0.123 e. The molecule has 2 aromatic carbocycles. The van der Waals surface area contributed by atoms with Crippen molar-refractivity contribution in [3.05, 3.63) is 83.0 Å². The summed E-state index contributed by atoms with van der Waals surface area (Å²) >= 11 is 6.55. The molecule has 0 atom stereocenters. The van der Waals surface area contributed by atoms with Gasteiger partial charge in [-0.25, -0.2) is 4.98 Å². The highest BCUT2D eigenvalue weighted by Crippen LogP contribution is 2.34. The van der Waals surface area contributed by atoms with E-state index in [1.807, 2.05) is 30.3 Å². The molecular weight excluding hydrogens is 394 g/mol. The molecule has 0 amide bonds. The number of aliphatic hydroxyl groups is 1. The molecule has 0 saturated carbocycles. The summed E-state index contributed by atoms with van der Waals surface area (Å²) in [5.74, 6) is 0.521. The minimum Gasteiger partial charge on any atom is -0.396 e. The van der Waals surface area contributed by atoms with Crippen LogP contribution in [0.15, 0.2) is 66.7 Å². The third-order valence-electron chi connectivity index (χ3n) is 5.39. The van der Waals surface area contributed by atoms with Crippen LogP contribution in [0, 0.1) is 0 Å². The molecule has 2 heterocycles. The smallest absolute Gasteiger partial charge is 0.123 e. The Balaban J connectivity index is 1.78. The maximum absolute atomic E-state index is 9.01. The molecule has 30 heavy (non-hydrogen) atoms. The zero-order chi connectivity index (χ0) is 20.9. The number of hydrogen-bond donors (Lipinski definition) is 2. The number of pyridine rings is 1. The van der Waals surface area contributed by atoms with Crippen LogP contribution in [0.4, 0.5) is 5.82 Å². The summed E-state index contributed by atoms with van der Waals surface area (Å²) in [6, 6.07) is 22.5. The lowest BCUT2D eigenvalue weighted by molar-refractivity contribution is 0.283. The van der Waals surface area contributed by atoms with Crippen molar-refractivity contribution >= 4 is 28.3 Å². The Kier molecular flexibility index (Phi) is 6.36. The molecule has 4 aromatic rings. The van der Waals surface area contributed by atoms with Crippen LogP contribution in [0.2, 0.25) is 5.02 Å². The molecule has 4 rings (SSSR count). The van der Waals surface area contributed by atoms with E-state index in [2.05, 4.69) is 39.9 Å². The minimum atomic E-state index is 0.260. The van der Waals surface area contributed by atoms with Gasteiger partial charge in [0.05, 0.1) is 17.9 Å². The Hall–Kier alpha value is -2.82. The van der Waals surface area contributed by atoms with Crippen molar-refractivity contribution in [1.29, 1.82) is 0 Å². The molecule has 0 bridgehead atoms. The van der Waals surface area contributed by atoms with Crippen LogP contribution >= 0.6 is 11.6 Å². The number of benzene rings is 2. The van der Waals surface area contributed by atoms with E-state index >= 15 is 0 Å². The summed E-state index contributed by atoms with van der Waals surface area (Å²) in [7, 11) is 0. The predicted octanol–water partition coefficient (Wildman–Crippen LogP) is 5.69. The van der Waals surface area contributed by atoms with Crippen molar-refractivity contribution in [2.45, 2.75) is 32.2 Å². The largest absolute Gasteiger partial charge is 0.396 e. The fourth-order valence-corrected chi connectivity index (χ4v) is 4.12. The quantitative estimate of drug-likeness (QED) is 0.360. The zero-order valence-electron chi connectivity index (χ0n) is 16.9. The molecule has 154 valence electrons. The number of anilines is 1. The SMILES string of the molecule is Nc1cccc(Cn2c(-c3ccccc3Cl)cc3ccc(CCCCCO)cc32)n1. The number of fused-ring (bicyclic) bond motifs is 1. The topological polar surface area (TPSA) is 64.1 Å². The number of unbranched alkanes of at least 4 members (excludes halogenated alkanes) is 2. The van der Waals surface area contributed by atoms with Gasteiger partial charge in [-0.1, -0.05) is 54.4 Å². The van der Waals surface area contributed by atoms with E-state index in [1.54, 1.807) is 6.07 Å². The number of rotatable bonds is 8. The maximum atomic E-state index is 9.01. The van der Waals surface area contributed by atoms with Gasteiger partial charge in [0.25, 0.3) is 0 Å². The molecule has 0 aliphatic carbocycles. The molecule has 0 spiro atoms. The van der Waals surface area contributed by atoms with Gasteiger partial charge in [0, 0.05) is 28.1 Å². The average Bonchev–Trinajstić information content (AvgIpc) is 3.09. The Bertz CT molecular complexity index is 1150. The molecular formula is C25H26ClN3O. The van der Waals surface area contributed by atoms with Gasteiger partial charge in [-0.2, -0.15) is 0 Å². The molecule has 5 heteroatoms. The molecule has 0 saturated heterocycles. The summed E-state index contributed by atoms with van der Waals surface area (Å²) < 4.78 is 2.27. The van der Waals surface area contributed by atoms with E-state index in [0.717, 1.165) is 53.2 Å². The zero-order valence-corrected chi connectivity index (χ0v) is 17.6. The molecule has 0 radical (unpaired) electrons. The summed E-state index contributed by atoms with van der Waals surface area (Å²) in [6.45, 7) is 0.874. The van der Waals surface area contributed by atoms with Gasteiger partial charge in [-0.15, -0.1) is 0 Å². The van der Waals surface area contributed by atoms with Crippen molar-refractivity contribution in [3.8, 4) is 11.3 Å². The number of aliphatic hydroxyl groups excluding tert-OH is 1. The number of nitrogen functional groups attached to an aromatic ring is 1. The highest BCUT2D eigenvalue weighted by atomic mass is 35.5. The summed E-state index contributed by atoms with van der Waals surface area (Å²) in [4.78, 5) is 4.50. The van der Waals surface area contributed by atoms with Crippen LogP contribution in [0.1, 0.15) is 30.5 Å². The first-order chi connectivity index (χ1) is 14.7. The third kappa shape index (κ3) is 4.50.